The Bertz CT molecular complexity index is 1480. The van der Waals surface area contributed by atoms with E-state index in [1.165, 1.54) is 0 Å². The topological polar surface area (TPSA) is 50.7 Å². The first-order valence-electron chi connectivity index (χ1n) is 10.7. The summed E-state index contributed by atoms with van der Waals surface area (Å²) in [6.07, 6.45) is 3.70. The maximum absolute atomic E-state index is 13.6. The summed E-state index contributed by atoms with van der Waals surface area (Å²) < 4.78 is 1.70. The number of aromatic amines is 1. The molecule has 0 aliphatic heterocycles. The van der Waals surface area contributed by atoms with E-state index in [1.54, 1.807) is 16.3 Å². The lowest BCUT2D eigenvalue weighted by molar-refractivity contribution is 0.818. The predicted molar refractivity (Wildman–Crippen MR) is 138 cm³/mol. The number of benzene rings is 3. The summed E-state index contributed by atoms with van der Waals surface area (Å²) in [7, 11) is 0. The van der Waals surface area contributed by atoms with E-state index in [1.807, 2.05) is 85.9 Å². The first-order valence-corrected chi connectivity index (χ1v) is 11.7. The normalized spacial score (nSPS) is 11.1. The molecule has 0 spiro atoms. The quantitative estimate of drug-likeness (QED) is 0.234. The van der Waals surface area contributed by atoms with Crippen LogP contribution in [0.3, 0.4) is 0 Å². The highest BCUT2D eigenvalue weighted by Gasteiger charge is 2.18. The van der Waals surface area contributed by atoms with Gasteiger partial charge in [0.15, 0.2) is 5.16 Å². The minimum atomic E-state index is -0.101. The number of fused-ring (bicyclic) bond motifs is 1. The van der Waals surface area contributed by atoms with E-state index in [9.17, 15) is 4.79 Å². The summed E-state index contributed by atoms with van der Waals surface area (Å²) in [6, 6.07) is 26.3. The van der Waals surface area contributed by atoms with Crippen molar-refractivity contribution in [2.24, 2.45) is 0 Å². The third-order valence-corrected chi connectivity index (χ3v) is 6.64. The van der Waals surface area contributed by atoms with Crippen LogP contribution in [0.4, 0.5) is 0 Å². The van der Waals surface area contributed by atoms with Crippen molar-refractivity contribution >= 4 is 28.9 Å². The number of nitrogens with zero attached hydrogens (tertiary/aromatic N) is 2. The van der Waals surface area contributed by atoms with Gasteiger partial charge in [0.1, 0.15) is 11.0 Å². The van der Waals surface area contributed by atoms with Crippen molar-refractivity contribution in [1.82, 2.24) is 14.5 Å². The molecule has 0 saturated carbocycles. The molecular formula is C28H23N3OS. The van der Waals surface area contributed by atoms with E-state index >= 15 is 0 Å². The van der Waals surface area contributed by atoms with Gasteiger partial charge in [0.05, 0.1) is 5.69 Å². The van der Waals surface area contributed by atoms with Crippen LogP contribution >= 0.6 is 11.8 Å². The monoisotopic (exact) mass is 449 g/mol. The predicted octanol–water partition coefficient (Wildman–Crippen LogP) is 6.62. The van der Waals surface area contributed by atoms with E-state index in [0.29, 0.717) is 21.9 Å². The highest BCUT2D eigenvalue weighted by molar-refractivity contribution is 7.98. The SMILES string of the molecule is C=Cc1ccc(CSc2nc3c(-c4ccccc4)c[nH]c3c(=O)n2-c2ccc(C)cc2)cc1. The molecule has 0 bridgehead atoms. The van der Waals surface area contributed by atoms with Gasteiger partial charge >= 0.3 is 0 Å². The van der Waals surface area contributed by atoms with Gasteiger partial charge in [-0.25, -0.2) is 4.98 Å². The Morgan fingerprint density at radius 2 is 1.73 bits per heavy atom. The van der Waals surface area contributed by atoms with E-state index in [0.717, 1.165) is 33.5 Å². The molecule has 0 unspecified atom stereocenters. The Morgan fingerprint density at radius 1 is 1.00 bits per heavy atom. The highest BCUT2D eigenvalue weighted by Crippen LogP contribution is 2.30. The summed E-state index contributed by atoms with van der Waals surface area (Å²) in [5.74, 6) is 0.701. The zero-order chi connectivity index (χ0) is 22.8. The zero-order valence-electron chi connectivity index (χ0n) is 18.3. The zero-order valence-corrected chi connectivity index (χ0v) is 19.1. The van der Waals surface area contributed by atoms with Gasteiger partial charge < -0.3 is 4.98 Å². The molecule has 0 amide bonds. The van der Waals surface area contributed by atoms with Gasteiger partial charge in [0, 0.05) is 17.5 Å². The summed E-state index contributed by atoms with van der Waals surface area (Å²) >= 11 is 1.56. The van der Waals surface area contributed by atoms with Crippen molar-refractivity contribution < 1.29 is 0 Å². The number of rotatable bonds is 6. The van der Waals surface area contributed by atoms with Crippen molar-refractivity contribution in [2.45, 2.75) is 17.8 Å². The maximum atomic E-state index is 13.6. The third-order valence-electron chi connectivity index (χ3n) is 5.63. The van der Waals surface area contributed by atoms with Crippen molar-refractivity contribution in [2.75, 3.05) is 0 Å². The molecule has 0 atom stereocenters. The molecule has 3 aromatic carbocycles. The maximum Gasteiger partial charge on any atom is 0.283 e. The average Bonchev–Trinajstić information content (AvgIpc) is 3.29. The number of aryl methyl sites for hydroxylation is 1. The molecular weight excluding hydrogens is 426 g/mol. The standard InChI is InChI=1S/C28H23N3OS/c1-3-20-11-13-21(14-12-20)18-33-28-30-25-24(22-7-5-4-6-8-22)17-29-26(25)27(32)31(28)23-15-9-19(2)10-16-23/h3-17,29H,1,18H2,2H3. The van der Waals surface area contributed by atoms with Crippen LogP contribution in [0.1, 0.15) is 16.7 Å². The average molecular weight is 450 g/mol. The second-order valence-electron chi connectivity index (χ2n) is 7.90. The van der Waals surface area contributed by atoms with Crippen molar-refractivity contribution in [3.05, 3.63) is 119 Å². The molecule has 1 N–H and O–H groups in total. The van der Waals surface area contributed by atoms with Gasteiger partial charge in [-0.05, 0) is 35.7 Å². The Labute approximate surface area is 196 Å². The number of thioether (sulfide) groups is 1. The molecule has 0 radical (unpaired) electrons. The summed E-state index contributed by atoms with van der Waals surface area (Å²) in [5, 5.41) is 0.668. The fourth-order valence-electron chi connectivity index (χ4n) is 3.79. The third kappa shape index (κ3) is 4.15. The van der Waals surface area contributed by atoms with Crippen molar-refractivity contribution in [3.8, 4) is 16.8 Å². The first-order chi connectivity index (χ1) is 16.1. The van der Waals surface area contributed by atoms with Crippen LogP contribution < -0.4 is 5.56 Å². The molecule has 4 nitrogen and oxygen atoms in total. The van der Waals surface area contributed by atoms with E-state index in [4.69, 9.17) is 4.98 Å². The van der Waals surface area contributed by atoms with Gasteiger partial charge in [0.2, 0.25) is 0 Å². The molecule has 5 rings (SSSR count). The lowest BCUT2D eigenvalue weighted by Gasteiger charge is -2.13. The lowest BCUT2D eigenvalue weighted by atomic mass is 10.1. The smallest absolute Gasteiger partial charge is 0.283 e. The Kier molecular flexibility index (Phi) is 5.71. The molecule has 2 heterocycles. The minimum absolute atomic E-state index is 0.101. The molecule has 0 aliphatic carbocycles. The van der Waals surface area contributed by atoms with Gasteiger partial charge in [-0.2, -0.15) is 0 Å². The molecule has 0 aliphatic rings. The number of nitrogens with one attached hydrogen (secondary N) is 1. The molecule has 2 aromatic heterocycles. The van der Waals surface area contributed by atoms with Crippen molar-refractivity contribution in [3.63, 3.8) is 0 Å². The minimum Gasteiger partial charge on any atom is -0.355 e. The van der Waals surface area contributed by atoms with E-state index < -0.39 is 0 Å². The molecule has 0 saturated heterocycles. The van der Waals surface area contributed by atoms with Crippen LogP contribution in [0.5, 0.6) is 0 Å². The largest absolute Gasteiger partial charge is 0.355 e. The molecule has 162 valence electrons. The van der Waals surface area contributed by atoms with E-state index in [2.05, 4.69) is 23.7 Å². The van der Waals surface area contributed by atoms with Crippen LogP contribution in [0, 0.1) is 6.92 Å². The molecule has 5 aromatic rings. The first kappa shape index (κ1) is 21.0. The number of hydrogen-bond donors (Lipinski definition) is 1. The number of aromatic nitrogens is 3. The Balaban J connectivity index is 1.64. The Hall–Kier alpha value is -3.83. The summed E-state index contributed by atoms with van der Waals surface area (Å²) in [5.41, 5.74) is 7.25. The second-order valence-corrected chi connectivity index (χ2v) is 8.84. The van der Waals surface area contributed by atoms with Crippen LogP contribution in [0.25, 0.3) is 33.9 Å². The molecule has 5 heteroatoms. The van der Waals surface area contributed by atoms with Gasteiger partial charge in [-0.1, -0.05) is 96.7 Å². The van der Waals surface area contributed by atoms with Crippen molar-refractivity contribution in [1.29, 1.82) is 0 Å². The highest BCUT2D eigenvalue weighted by atomic mass is 32.2. The summed E-state index contributed by atoms with van der Waals surface area (Å²) in [6.45, 7) is 5.85. The van der Waals surface area contributed by atoms with Gasteiger partial charge in [0.25, 0.3) is 5.56 Å². The summed E-state index contributed by atoms with van der Waals surface area (Å²) in [4.78, 5) is 21.8. The van der Waals surface area contributed by atoms with Gasteiger partial charge in [-0.3, -0.25) is 9.36 Å². The van der Waals surface area contributed by atoms with Crippen LogP contribution in [-0.2, 0) is 5.75 Å². The van der Waals surface area contributed by atoms with Crippen LogP contribution in [0.15, 0.2) is 102 Å². The fraction of sp³-hybridized carbons (Fsp3) is 0.0714. The number of H-pyrrole nitrogens is 1. The molecule has 0 fully saturated rings. The number of hydrogen-bond acceptors (Lipinski definition) is 3. The fourth-order valence-corrected chi connectivity index (χ4v) is 4.75. The molecule has 33 heavy (non-hydrogen) atoms. The second kappa shape index (κ2) is 8.96. The lowest BCUT2D eigenvalue weighted by Crippen LogP contribution is -2.21. The Morgan fingerprint density at radius 3 is 2.42 bits per heavy atom. The van der Waals surface area contributed by atoms with Crippen LogP contribution in [0.2, 0.25) is 0 Å². The van der Waals surface area contributed by atoms with Crippen LogP contribution in [-0.4, -0.2) is 14.5 Å². The van der Waals surface area contributed by atoms with Gasteiger partial charge in [-0.15, -0.1) is 0 Å². The van der Waals surface area contributed by atoms with E-state index in [-0.39, 0.29) is 5.56 Å².